The first-order chi connectivity index (χ1) is 14.1. The molecule has 0 radical (unpaired) electrons. The van der Waals surface area contributed by atoms with Crippen LogP contribution in [0, 0.1) is 11.7 Å². The van der Waals surface area contributed by atoms with E-state index < -0.39 is 5.82 Å². The number of fused-ring (bicyclic) bond motifs is 1. The van der Waals surface area contributed by atoms with Crippen molar-refractivity contribution in [1.29, 1.82) is 0 Å². The van der Waals surface area contributed by atoms with Crippen molar-refractivity contribution in [2.75, 3.05) is 20.2 Å². The molecule has 3 aromatic rings. The molecule has 1 atom stereocenters. The van der Waals surface area contributed by atoms with Crippen LogP contribution in [0.4, 0.5) is 4.39 Å². The molecule has 0 bridgehead atoms. The smallest absolute Gasteiger partial charge is 0.251 e. The van der Waals surface area contributed by atoms with Gasteiger partial charge in [-0.1, -0.05) is 36.4 Å². The molecule has 1 heterocycles. The van der Waals surface area contributed by atoms with E-state index in [-0.39, 0.29) is 23.5 Å². The van der Waals surface area contributed by atoms with Crippen molar-refractivity contribution in [3.05, 3.63) is 66.0 Å². The van der Waals surface area contributed by atoms with E-state index in [9.17, 15) is 14.0 Å². The zero-order valence-corrected chi connectivity index (χ0v) is 16.0. The Morgan fingerprint density at radius 3 is 2.72 bits per heavy atom. The summed E-state index contributed by atoms with van der Waals surface area (Å²) in [5.41, 5.74) is 2.04. The minimum atomic E-state index is -0.419. The van der Waals surface area contributed by atoms with Crippen LogP contribution in [0.5, 0.6) is 5.75 Å². The maximum atomic E-state index is 14.1. The Labute approximate surface area is 167 Å². The van der Waals surface area contributed by atoms with Gasteiger partial charge < -0.3 is 15.4 Å². The number of halogens is 1. The van der Waals surface area contributed by atoms with E-state index in [1.54, 1.807) is 12.1 Å². The van der Waals surface area contributed by atoms with Gasteiger partial charge in [0.2, 0.25) is 5.91 Å². The highest BCUT2D eigenvalue weighted by Crippen LogP contribution is 2.36. The van der Waals surface area contributed by atoms with Gasteiger partial charge in [0, 0.05) is 36.6 Å². The van der Waals surface area contributed by atoms with Gasteiger partial charge in [-0.25, -0.2) is 4.39 Å². The van der Waals surface area contributed by atoms with Crippen molar-refractivity contribution in [1.82, 2.24) is 10.6 Å². The molecular formula is C23H21FN2O3. The van der Waals surface area contributed by atoms with Crippen LogP contribution in [0.3, 0.4) is 0 Å². The van der Waals surface area contributed by atoms with Gasteiger partial charge in [0.25, 0.3) is 5.91 Å². The van der Waals surface area contributed by atoms with Gasteiger partial charge in [-0.15, -0.1) is 0 Å². The lowest BCUT2D eigenvalue weighted by Crippen LogP contribution is -2.30. The van der Waals surface area contributed by atoms with Crippen LogP contribution in [0.2, 0.25) is 0 Å². The van der Waals surface area contributed by atoms with Crippen LogP contribution < -0.4 is 15.4 Å². The number of ether oxygens (including phenoxy) is 1. The monoisotopic (exact) mass is 392 g/mol. The number of carbonyl (C=O) groups excluding carboxylic acids is 2. The van der Waals surface area contributed by atoms with E-state index in [4.69, 9.17) is 4.74 Å². The minimum Gasteiger partial charge on any atom is -0.493 e. The molecule has 0 saturated carbocycles. The van der Waals surface area contributed by atoms with Gasteiger partial charge in [-0.2, -0.15) is 0 Å². The van der Waals surface area contributed by atoms with E-state index in [0.29, 0.717) is 30.6 Å². The summed E-state index contributed by atoms with van der Waals surface area (Å²) in [6.45, 7) is 1.05. The number of benzene rings is 3. The van der Waals surface area contributed by atoms with Gasteiger partial charge in [-0.05, 0) is 34.5 Å². The lowest BCUT2D eigenvalue weighted by Gasteiger charge is -2.13. The summed E-state index contributed by atoms with van der Waals surface area (Å²) < 4.78 is 19.4. The summed E-state index contributed by atoms with van der Waals surface area (Å²) in [6.07, 6.45) is 0.441. The molecule has 0 spiro atoms. The largest absolute Gasteiger partial charge is 0.493 e. The molecule has 148 valence electrons. The fourth-order valence-electron chi connectivity index (χ4n) is 3.74. The predicted molar refractivity (Wildman–Crippen MR) is 109 cm³/mol. The average molecular weight is 392 g/mol. The van der Waals surface area contributed by atoms with E-state index in [0.717, 1.165) is 16.3 Å². The Bertz CT molecular complexity index is 1100. The molecule has 1 aliphatic rings. The van der Waals surface area contributed by atoms with Crippen LogP contribution in [0.25, 0.3) is 21.9 Å². The molecule has 1 saturated heterocycles. The fourth-order valence-corrected chi connectivity index (χ4v) is 3.74. The number of para-hydroxylation sites is 1. The van der Waals surface area contributed by atoms with Crippen molar-refractivity contribution in [2.24, 2.45) is 5.92 Å². The highest BCUT2D eigenvalue weighted by molar-refractivity contribution is 6.03. The first-order valence-corrected chi connectivity index (χ1v) is 9.47. The summed E-state index contributed by atoms with van der Waals surface area (Å²) in [5, 5.41) is 7.44. The molecule has 0 aliphatic carbocycles. The highest BCUT2D eigenvalue weighted by Gasteiger charge is 2.22. The maximum absolute atomic E-state index is 14.1. The molecule has 2 N–H and O–H groups in total. The van der Waals surface area contributed by atoms with Crippen LogP contribution in [0.15, 0.2) is 54.6 Å². The van der Waals surface area contributed by atoms with Gasteiger partial charge in [0.15, 0.2) is 11.6 Å². The SMILES string of the molecule is COc1c(F)cccc1-c1cccc2cc(C(=O)NCC3CNC(=O)C3)ccc12. The van der Waals surface area contributed by atoms with Gasteiger partial charge in [-0.3, -0.25) is 9.59 Å². The first-order valence-electron chi connectivity index (χ1n) is 9.47. The number of rotatable bonds is 5. The summed E-state index contributed by atoms with van der Waals surface area (Å²) >= 11 is 0. The predicted octanol–water partition coefficient (Wildman–Crippen LogP) is 3.52. The molecule has 1 unspecified atom stereocenters. The molecule has 2 amide bonds. The van der Waals surface area contributed by atoms with Crippen molar-refractivity contribution in [2.45, 2.75) is 6.42 Å². The second-order valence-electron chi connectivity index (χ2n) is 7.15. The van der Waals surface area contributed by atoms with Crippen molar-refractivity contribution in [3.8, 4) is 16.9 Å². The summed E-state index contributed by atoms with van der Waals surface area (Å²) in [6, 6.07) is 16.0. The Balaban J connectivity index is 1.62. The summed E-state index contributed by atoms with van der Waals surface area (Å²) in [7, 11) is 1.45. The molecule has 3 aromatic carbocycles. The number of hydrogen-bond acceptors (Lipinski definition) is 3. The van der Waals surface area contributed by atoms with E-state index >= 15 is 0 Å². The van der Waals surface area contributed by atoms with Gasteiger partial charge in [0.1, 0.15) is 0 Å². The number of nitrogens with one attached hydrogen (secondary N) is 2. The Kier molecular flexibility index (Phi) is 5.16. The quantitative estimate of drug-likeness (QED) is 0.698. The van der Waals surface area contributed by atoms with Crippen molar-refractivity contribution < 1.29 is 18.7 Å². The van der Waals surface area contributed by atoms with Crippen molar-refractivity contribution in [3.63, 3.8) is 0 Å². The number of methoxy groups -OCH3 is 1. The normalized spacial score (nSPS) is 15.9. The molecule has 1 aliphatic heterocycles. The molecule has 4 rings (SSSR count). The average Bonchev–Trinajstić information content (AvgIpc) is 3.16. The zero-order chi connectivity index (χ0) is 20.4. The first kappa shape index (κ1) is 18.9. The highest BCUT2D eigenvalue weighted by atomic mass is 19.1. The van der Waals surface area contributed by atoms with Gasteiger partial charge in [0.05, 0.1) is 7.11 Å². The molecule has 29 heavy (non-hydrogen) atoms. The molecule has 0 aromatic heterocycles. The van der Waals surface area contributed by atoms with Crippen LogP contribution in [0.1, 0.15) is 16.8 Å². The van der Waals surface area contributed by atoms with E-state index in [1.165, 1.54) is 13.2 Å². The summed E-state index contributed by atoms with van der Waals surface area (Å²) in [5.74, 6) is -0.256. The fraction of sp³-hybridized carbons (Fsp3) is 0.217. The van der Waals surface area contributed by atoms with Crippen LogP contribution >= 0.6 is 0 Å². The standard InChI is InChI=1S/C23H21FN2O3/c1-29-22-19(6-3-7-20(22)24)18-5-2-4-15-11-16(8-9-17(15)18)23(28)26-13-14-10-21(27)25-12-14/h2-9,11,14H,10,12-13H2,1H3,(H,25,27)(H,26,28). The summed E-state index contributed by atoms with van der Waals surface area (Å²) in [4.78, 5) is 23.8. The number of amides is 2. The lowest BCUT2D eigenvalue weighted by atomic mass is 9.96. The minimum absolute atomic E-state index is 0.0234. The molecular weight excluding hydrogens is 371 g/mol. The number of hydrogen-bond donors (Lipinski definition) is 2. The lowest BCUT2D eigenvalue weighted by molar-refractivity contribution is -0.119. The van der Waals surface area contributed by atoms with E-state index in [2.05, 4.69) is 10.6 Å². The van der Waals surface area contributed by atoms with Gasteiger partial charge >= 0.3 is 0 Å². The van der Waals surface area contributed by atoms with E-state index in [1.807, 2.05) is 36.4 Å². The molecule has 1 fully saturated rings. The van der Waals surface area contributed by atoms with Crippen LogP contribution in [-0.4, -0.2) is 32.0 Å². The Morgan fingerprint density at radius 1 is 1.17 bits per heavy atom. The second-order valence-corrected chi connectivity index (χ2v) is 7.15. The molecule has 5 nitrogen and oxygen atoms in total. The Morgan fingerprint density at radius 2 is 1.97 bits per heavy atom. The van der Waals surface area contributed by atoms with Crippen LogP contribution in [-0.2, 0) is 4.79 Å². The van der Waals surface area contributed by atoms with Crippen molar-refractivity contribution >= 4 is 22.6 Å². The second kappa shape index (κ2) is 7.91. The molecule has 6 heteroatoms. The number of carbonyl (C=O) groups is 2. The topological polar surface area (TPSA) is 67.4 Å². The third-order valence-electron chi connectivity index (χ3n) is 5.22. The zero-order valence-electron chi connectivity index (χ0n) is 16.0. The maximum Gasteiger partial charge on any atom is 0.251 e. The third kappa shape index (κ3) is 3.78. The Hall–Kier alpha value is -3.41. The third-order valence-corrected chi connectivity index (χ3v) is 5.22.